The zero-order valence-corrected chi connectivity index (χ0v) is 17.4. The Morgan fingerprint density at radius 3 is 2.61 bits per heavy atom. The number of fused-ring (bicyclic) bond motifs is 1. The minimum Gasteiger partial charge on any atom is -0.340 e. The highest BCUT2D eigenvalue weighted by molar-refractivity contribution is 7.15. The number of rotatable bonds is 7. The highest BCUT2D eigenvalue weighted by atomic mass is 32.1. The van der Waals surface area contributed by atoms with Gasteiger partial charge in [-0.05, 0) is 30.5 Å². The monoisotopic (exact) mass is 435 g/mol. The molecule has 3 N–H and O–H groups in total. The van der Waals surface area contributed by atoms with E-state index in [1.54, 1.807) is 24.3 Å². The first-order valence-corrected chi connectivity index (χ1v) is 10.8. The summed E-state index contributed by atoms with van der Waals surface area (Å²) in [6.45, 7) is 0. The molecule has 4 rings (SSSR count). The van der Waals surface area contributed by atoms with Gasteiger partial charge in [-0.15, -0.1) is 10.2 Å². The zero-order valence-electron chi connectivity index (χ0n) is 16.6. The third-order valence-corrected chi connectivity index (χ3v) is 5.79. The summed E-state index contributed by atoms with van der Waals surface area (Å²) in [6, 6.07) is 16.1. The van der Waals surface area contributed by atoms with Gasteiger partial charge in [0.1, 0.15) is 11.0 Å². The van der Waals surface area contributed by atoms with Crippen molar-refractivity contribution < 1.29 is 14.4 Å². The number of carbonyl (C=O) groups excluding carboxylic acids is 3. The lowest BCUT2D eigenvalue weighted by atomic mass is 10.1. The topological polar surface area (TPSA) is 113 Å². The average molecular weight is 436 g/mol. The molecule has 9 heteroatoms. The summed E-state index contributed by atoms with van der Waals surface area (Å²) in [5, 5.41) is 17.5. The highest BCUT2D eigenvalue weighted by Crippen LogP contribution is 2.20. The molecule has 0 aliphatic carbocycles. The molecule has 0 bridgehead atoms. The van der Waals surface area contributed by atoms with Crippen LogP contribution >= 0.6 is 11.3 Å². The number of para-hydroxylation sites is 1. The van der Waals surface area contributed by atoms with Crippen LogP contribution in [0.5, 0.6) is 0 Å². The number of aromatic nitrogens is 2. The lowest BCUT2D eigenvalue weighted by Gasteiger charge is -2.13. The van der Waals surface area contributed by atoms with E-state index in [9.17, 15) is 14.4 Å². The minimum atomic E-state index is -0.790. The Labute approximate surface area is 183 Å². The van der Waals surface area contributed by atoms with Gasteiger partial charge in [0.05, 0.1) is 11.3 Å². The summed E-state index contributed by atoms with van der Waals surface area (Å²) in [5.74, 6) is -0.966. The molecule has 1 aromatic heterocycles. The molecule has 0 radical (unpaired) electrons. The van der Waals surface area contributed by atoms with Crippen LogP contribution in [-0.4, -0.2) is 34.0 Å². The maximum absolute atomic E-state index is 12.4. The van der Waals surface area contributed by atoms with E-state index in [0.29, 0.717) is 16.4 Å². The molecule has 3 aromatic rings. The van der Waals surface area contributed by atoms with Gasteiger partial charge in [0.2, 0.25) is 16.9 Å². The lowest BCUT2D eigenvalue weighted by molar-refractivity contribution is -0.118. The summed E-state index contributed by atoms with van der Waals surface area (Å²) in [4.78, 5) is 37.1. The van der Waals surface area contributed by atoms with Gasteiger partial charge in [0.25, 0.3) is 5.91 Å². The predicted octanol–water partition coefficient (Wildman–Crippen LogP) is 2.79. The Balaban J connectivity index is 1.27. The van der Waals surface area contributed by atoms with Crippen molar-refractivity contribution in [2.45, 2.75) is 31.7 Å². The quantitative estimate of drug-likeness (QED) is 0.528. The van der Waals surface area contributed by atoms with Crippen LogP contribution in [0.25, 0.3) is 0 Å². The second-order valence-corrected chi connectivity index (χ2v) is 8.20. The number of hydrogen-bond acceptors (Lipinski definition) is 6. The Kier molecular flexibility index (Phi) is 6.32. The molecular formula is C22H21N5O3S. The van der Waals surface area contributed by atoms with E-state index < -0.39 is 6.04 Å². The van der Waals surface area contributed by atoms with Crippen LogP contribution in [-0.2, 0) is 22.4 Å². The lowest BCUT2D eigenvalue weighted by Crippen LogP contribution is -2.41. The van der Waals surface area contributed by atoms with Crippen LogP contribution in [0.4, 0.5) is 10.8 Å². The molecule has 31 heavy (non-hydrogen) atoms. The van der Waals surface area contributed by atoms with Gasteiger partial charge < -0.3 is 16.0 Å². The molecule has 0 saturated carbocycles. The summed E-state index contributed by atoms with van der Waals surface area (Å²) in [7, 11) is 0. The fourth-order valence-electron chi connectivity index (χ4n) is 3.27. The molecule has 158 valence electrons. The van der Waals surface area contributed by atoms with E-state index in [1.807, 2.05) is 18.2 Å². The summed E-state index contributed by atoms with van der Waals surface area (Å²) < 4.78 is 0. The number of benzene rings is 2. The van der Waals surface area contributed by atoms with Crippen molar-refractivity contribution in [1.29, 1.82) is 0 Å². The van der Waals surface area contributed by atoms with Crippen LogP contribution in [0, 0.1) is 0 Å². The molecule has 0 saturated heterocycles. The van der Waals surface area contributed by atoms with Gasteiger partial charge >= 0.3 is 0 Å². The number of hydrogen-bond donors (Lipinski definition) is 3. The van der Waals surface area contributed by atoms with Crippen molar-refractivity contribution in [2.24, 2.45) is 0 Å². The van der Waals surface area contributed by atoms with Crippen molar-refractivity contribution in [3.63, 3.8) is 0 Å². The number of anilines is 2. The molecule has 0 unspecified atom stereocenters. The fraction of sp³-hybridized carbons (Fsp3) is 0.227. The third-order valence-electron chi connectivity index (χ3n) is 4.90. The van der Waals surface area contributed by atoms with Crippen LogP contribution in [0.2, 0.25) is 0 Å². The standard InChI is InChI=1S/C22H21N5O3S/c28-18(25-22-27-26-19(31-22)13-10-14-6-2-1-3-7-14)12-11-17-21(30)23-16-9-5-4-8-15(16)20(29)24-17/h1-9,17H,10-13H2,(H,23,30)(H,24,29)(H,25,27,28)/t17-/m0/s1. The van der Waals surface area contributed by atoms with E-state index in [-0.39, 0.29) is 30.6 Å². The molecule has 1 atom stereocenters. The molecule has 2 heterocycles. The van der Waals surface area contributed by atoms with E-state index in [4.69, 9.17) is 0 Å². The molecule has 2 aromatic carbocycles. The molecule has 3 amide bonds. The van der Waals surface area contributed by atoms with Gasteiger partial charge in [-0.1, -0.05) is 53.8 Å². The normalized spacial score (nSPS) is 15.4. The van der Waals surface area contributed by atoms with Crippen molar-refractivity contribution >= 4 is 39.9 Å². The Hall–Kier alpha value is -3.59. The van der Waals surface area contributed by atoms with Gasteiger partial charge in [-0.3, -0.25) is 14.4 Å². The number of carbonyl (C=O) groups is 3. The molecule has 0 spiro atoms. The smallest absolute Gasteiger partial charge is 0.254 e. The predicted molar refractivity (Wildman–Crippen MR) is 118 cm³/mol. The van der Waals surface area contributed by atoms with E-state index in [2.05, 4.69) is 38.3 Å². The molecule has 1 aliphatic heterocycles. The summed E-state index contributed by atoms with van der Waals surface area (Å²) in [5.41, 5.74) is 2.09. The Morgan fingerprint density at radius 2 is 1.77 bits per heavy atom. The first-order chi connectivity index (χ1) is 15.1. The van der Waals surface area contributed by atoms with Gasteiger partial charge in [0, 0.05) is 12.8 Å². The third kappa shape index (κ3) is 5.32. The highest BCUT2D eigenvalue weighted by Gasteiger charge is 2.27. The van der Waals surface area contributed by atoms with Gasteiger partial charge in [-0.2, -0.15) is 0 Å². The van der Waals surface area contributed by atoms with Crippen LogP contribution < -0.4 is 16.0 Å². The zero-order chi connectivity index (χ0) is 21.6. The number of nitrogens with zero attached hydrogens (tertiary/aromatic N) is 2. The molecule has 8 nitrogen and oxygen atoms in total. The SMILES string of the molecule is O=C(CC[C@@H]1NC(=O)c2ccccc2NC1=O)Nc1nnc(CCc2ccccc2)s1. The fourth-order valence-corrected chi connectivity index (χ4v) is 4.03. The van der Waals surface area contributed by atoms with Crippen molar-refractivity contribution in [3.8, 4) is 0 Å². The average Bonchev–Trinajstić information content (AvgIpc) is 3.18. The Bertz CT molecular complexity index is 1100. The maximum Gasteiger partial charge on any atom is 0.254 e. The second kappa shape index (κ2) is 9.48. The Morgan fingerprint density at radius 1 is 1.00 bits per heavy atom. The van der Waals surface area contributed by atoms with Crippen LogP contribution in [0.3, 0.4) is 0 Å². The number of amides is 3. The largest absolute Gasteiger partial charge is 0.340 e. The molecule has 1 aliphatic rings. The second-order valence-electron chi connectivity index (χ2n) is 7.13. The number of nitrogens with one attached hydrogen (secondary N) is 3. The minimum absolute atomic E-state index is 0.0631. The van der Waals surface area contributed by atoms with E-state index in [0.717, 1.165) is 17.8 Å². The van der Waals surface area contributed by atoms with Crippen molar-refractivity contribution in [2.75, 3.05) is 10.6 Å². The van der Waals surface area contributed by atoms with Crippen molar-refractivity contribution in [1.82, 2.24) is 15.5 Å². The van der Waals surface area contributed by atoms with E-state index in [1.165, 1.54) is 16.9 Å². The molecule has 0 fully saturated rings. The van der Waals surface area contributed by atoms with Gasteiger partial charge in [0.15, 0.2) is 0 Å². The van der Waals surface area contributed by atoms with Crippen LogP contribution in [0.15, 0.2) is 54.6 Å². The summed E-state index contributed by atoms with van der Waals surface area (Å²) in [6.07, 6.45) is 1.83. The maximum atomic E-state index is 12.4. The van der Waals surface area contributed by atoms with Crippen LogP contribution in [0.1, 0.15) is 33.8 Å². The summed E-state index contributed by atoms with van der Waals surface area (Å²) >= 11 is 1.33. The first kappa shape index (κ1) is 20.7. The first-order valence-electron chi connectivity index (χ1n) is 9.95. The molecular weight excluding hydrogens is 414 g/mol. The van der Waals surface area contributed by atoms with E-state index >= 15 is 0 Å². The number of aryl methyl sites for hydroxylation is 2. The van der Waals surface area contributed by atoms with Crippen molar-refractivity contribution in [3.05, 3.63) is 70.7 Å². The van der Waals surface area contributed by atoms with Gasteiger partial charge in [-0.25, -0.2) is 0 Å².